The molecule has 1 N–H and O–H groups in total. The van der Waals surface area contributed by atoms with Crippen molar-refractivity contribution in [3.63, 3.8) is 0 Å². The van der Waals surface area contributed by atoms with E-state index in [0.29, 0.717) is 0 Å². The molecular formula is C14H16BrN3O2. The smallest absolute Gasteiger partial charge is 0.231 e. The summed E-state index contributed by atoms with van der Waals surface area (Å²) in [5, 5.41) is 7.76. The van der Waals surface area contributed by atoms with E-state index in [1.807, 2.05) is 37.0 Å². The normalized spacial score (nSPS) is 12.9. The molecule has 2 heterocycles. The Labute approximate surface area is 126 Å². The van der Waals surface area contributed by atoms with Crippen molar-refractivity contribution in [2.24, 2.45) is 7.05 Å². The highest BCUT2D eigenvalue weighted by atomic mass is 79.9. The number of benzene rings is 1. The van der Waals surface area contributed by atoms with Crippen LogP contribution in [0.25, 0.3) is 11.3 Å². The first kappa shape index (κ1) is 13.5. The van der Waals surface area contributed by atoms with Crippen molar-refractivity contribution in [1.29, 1.82) is 0 Å². The summed E-state index contributed by atoms with van der Waals surface area (Å²) in [4.78, 5) is 0. The third kappa shape index (κ3) is 2.29. The molecule has 0 atom stereocenters. The van der Waals surface area contributed by atoms with Gasteiger partial charge in [0.1, 0.15) is 5.69 Å². The molecule has 0 amide bonds. The van der Waals surface area contributed by atoms with Crippen LogP contribution < -0.4 is 14.8 Å². The van der Waals surface area contributed by atoms with Gasteiger partial charge >= 0.3 is 0 Å². The molecule has 1 aliphatic rings. The molecule has 0 saturated heterocycles. The molecule has 0 saturated carbocycles. The van der Waals surface area contributed by atoms with Gasteiger partial charge in [-0.15, -0.1) is 0 Å². The lowest BCUT2D eigenvalue weighted by molar-refractivity contribution is 0.174. The Balaban J connectivity index is 1.98. The van der Waals surface area contributed by atoms with Crippen molar-refractivity contribution in [3.05, 3.63) is 28.4 Å². The molecule has 0 bridgehead atoms. The SMILES string of the molecule is CNCCc1c(Br)c(-c2ccc3c(c2)OCO3)nn1C. The lowest BCUT2D eigenvalue weighted by atomic mass is 10.1. The fourth-order valence-electron chi connectivity index (χ4n) is 2.28. The maximum absolute atomic E-state index is 5.42. The summed E-state index contributed by atoms with van der Waals surface area (Å²) in [5.74, 6) is 1.56. The van der Waals surface area contributed by atoms with Crippen molar-refractivity contribution in [2.75, 3.05) is 20.4 Å². The molecule has 1 aromatic carbocycles. The van der Waals surface area contributed by atoms with Crippen LogP contribution in [0.3, 0.4) is 0 Å². The van der Waals surface area contributed by atoms with Crippen LogP contribution >= 0.6 is 15.9 Å². The van der Waals surface area contributed by atoms with Crippen LogP contribution in [0.5, 0.6) is 11.5 Å². The van der Waals surface area contributed by atoms with Gasteiger partial charge in [0.25, 0.3) is 0 Å². The van der Waals surface area contributed by atoms with Gasteiger partial charge in [0.05, 0.1) is 10.2 Å². The van der Waals surface area contributed by atoms with Gasteiger partial charge in [-0.05, 0) is 41.2 Å². The zero-order valence-electron chi connectivity index (χ0n) is 11.4. The Morgan fingerprint density at radius 3 is 2.95 bits per heavy atom. The quantitative estimate of drug-likeness (QED) is 0.930. The van der Waals surface area contributed by atoms with Crippen molar-refractivity contribution in [1.82, 2.24) is 15.1 Å². The predicted molar refractivity (Wildman–Crippen MR) is 80.1 cm³/mol. The van der Waals surface area contributed by atoms with Crippen LogP contribution in [0.15, 0.2) is 22.7 Å². The molecule has 3 rings (SSSR count). The Kier molecular flexibility index (Phi) is 3.67. The van der Waals surface area contributed by atoms with E-state index < -0.39 is 0 Å². The lowest BCUT2D eigenvalue weighted by Gasteiger charge is -2.02. The molecule has 20 heavy (non-hydrogen) atoms. The van der Waals surface area contributed by atoms with E-state index in [1.165, 1.54) is 5.69 Å². The Morgan fingerprint density at radius 2 is 2.15 bits per heavy atom. The van der Waals surface area contributed by atoms with Crippen LogP contribution in [-0.2, 0) is 13.5 Å². The first-order chi connectivity index (χ1) is 9.70. The van der Waals surface area contributed by atoms with Crippen LogP contribution in [0, 0.1) is 0 Å². The highest BCUT2D eigenvalue weighted by Gasteiger charge is 2.19. The number of hydrogen-bond donors (Lipinski definition) is 1. The fraction of sp³-hybridized carbons (Fsp3) is 0.357. The second-order valence-corrected chi connectivity index (χ2v) is 5.45. The van der Waals surface area contributed by atoms with Gasteiger partial charge in [-0.25, -0.2) is 0 Å². The van der Waals surface area contributed by atoms with E-state index in [-0.39, 0.29) is 6.79 Å². The van der Waals surface area contributed by atoms with Crippen molar-refractivity contribution < 1.29 is 9.47 Å². The minimum atomic E-state index is 0.287. The van der Waals surface area contributed by atoms with Gasteiger partial charge < -0.3 is 14.8 Å². The molecule has 0 fully saturated rings. The van der Waals surface area contributed by atoms with E-state index >= 15 is 0 Å². The van der Waals surface area contributed by atoms with E-state index in [0.717, 1.165) is 40.2 Å². The van der Waals surface area contributed by atoms with Crippen LogP contribution in [0.4, 0.5) is 0 Å². The Hall–Kier alpha value is -1.53. The summed E-state index contributed by atoms with van der Waals surface area (Å²) in [7, 11) is 3.91. The van der Waals surface area contributed by atoms with E-state index in [2.05, 4.69) is 26.3 Å². The van der Waals surface area contributed by atoms with Crippen LogP contribution in [-0.4, -0.2) is 30.2 Å². The number of aromatic nitrogens is 2. The predicted octanol–water partition coefficient (Wildman–Crippen LogP) is 2.34. The number of hydrogen-bond acceptors (Lipinski definition) is 4. The third-order valence-corrected chi connectivity index (χ3v) is 4.19. The maximum Gasteiger partial charge on any atom is 0.231 e. The average Bonchev–Trinajstić information content (AvgIpc) is 3.01. The minimum Gasteiger partial charge on any atom is -0.454 e. The van der Waals surface area contributed by atoms with Gasteiger partial charge in [-0.2, -0.15) is 5.10 Å². The second-order valence-electron chi connectivity index (χ2n) is 4.65. The highest BCUT2D eigenvalue weighted by Crippen LogP contribution is 2.38. The summed E-state index contributed by atoms with van der Waals surface area (Å²) < 4.78 is 13.7. The maximum atomic E-state index is 5.42. The first-order valence-corrected chi connectivity index (χ1v) is 7.26. The molecule has 0 spiro atoms. The van der Waals surface area contributed by atoms with E-state index in [9.17, 15) is 0 Å². The summed E-state index contributed by atoms with van der Waals surface area (Å²) >= 11 is 3.67. The van der Waals surface area contributed by atoms with E-state index in [4.69, 9.17) is 9.47 Å². The third-order valence-electron chi connectivity index (χ3n) is 3.36. The Morgan fingerprint density at radius 1 is 1.35 bits per heavy atom. The monoisotopic (exact) mass is 337 g/mol. The molecule has 0 radical (unpaired) electrons. The molecule has 1 aliphatic heterocycles. The topological polar surface area (TPSA) is 48.3 Å². The number of nitrogens with zero attached hydrogens (tertiary/aromatic N) is 2. The molecule has 0 unspecified atom stereocenters. The zero-order chi connectivity index (χ0) is 14.1. The number of rotatable bonds is 4. The molecular weight excluding hydrogens is 322 g/mol. The van der Waals surface area contributed by atoms with E-state index in [1.54, 1.807) is 0 Å². The van der Waals surface area contributed by atoms with Crippen LogP contribution in [0.2, 0.25) is 0 Å². The summed E-state index contributed by atoms with van der Waals surface area (Å²) in [6, 6.07) is 5.89. The van der Waals surface area contributed by atoms with Gasteiger partial charge in [0.2, 0.25) is 6.79 Å². The van der Waals surface area contributed by atoms with Crippen molar-refractivity contribution >= 4 is 15.9 Å². The minimum absolute atomic E-state index is 0.287. The van der Waals surface area contributed by atoms with Gasteiger partial charge in [0, 0.05) is 25.6 Å². The number of ether oxygens (including phenoxy) is 2. The molecule has 6 heteroatoms. The summed E-state index contributed by atoms with van der Waals surface area (Å²) in [5.41, 5.74) is 3.12. The first-order valence-electron chi connectivity index (χ1n) is 6.46. The Bertz CT molecular complexity index is 640. The highest BCUT2D eigenvalue weighted by molar-refractivity contribution is 9.10. The molecule has 1 aromatic heterocycles. The standard InChI is InChI=1S/C14H16BrN3O2/c1-16-6-5-10-13(15)14(17-18(10)2)9-3-4-11-12(7-9)20-8-19-11/h3-4,7,16H,5-6,8H2,1-2H3. The number of fused-ring (bicyclic) bond motifs is 1. The second kappa shape index (κ2) is 5.46. The fourth-order valence-corrected chi connectivity index (χ4v) is 3.04. The lowest BCUT2D eigenvalue weighted by Crippen LogP contribution is -2.12. The molecule has 2 aromatic rings. The number of aryl methyl sites for hydroxylation is 1. The van der Waals surface area contributed by atoms with Crippen molar-refractivity contribution in [3.8, 4) is 22.8 Å². The molecule has 5 nitrogen and oxygen atoms in total. The van der Waals surface area contributed by atoms with Gasteiger partial charge in [-0.1, -0.05) is 0 Å². The summed E-state index contributed by atoms with van der Waals surface area (Å²) in [6.45, 7) is 1.20. The largest absolute Gasteiger partial charge is 0.454 e. The van der Waals surface area contributed by atoms with Crippen molar-refractivity contribution in [2.45, 2.75) is 6.42 Å². The molecule has 0 aliphatic carbocycles. The number of halogens is 1. The number of likely N-dealkylation sites (N-methyl/N-ethyl adjacent to an activating group) is 1. The van der Waals surface area contributed by atoms with Gasteiger partial charge in [0.15, 0.2) is 11.5 Å². The zero-order valence-corrected chi connectivity index (χ0v) is 13.0. The van der Waals surface area contributed by atoms with Crippen LogP contribution in [0.1, 0.15) is 5.69 Å². The molecule has 106 valence electrons. The van der Waals surface area contributed by atoms with Gasteiger partial charge in [-0.3, -0.25) is 4.68 Å². The average molecular weight is 338 g/mol. The summed E-state index contributed by atoms with van der Waals surface area (Å²) in [6.07, 6.45) is 0.922. The number of nitrogens with one attached hydrogen (secondary N) is 1.